The minimum atomic E-state index is -0.249. The number of H-pyrrole nitrogens is 1. The molecule has 2 aromatic heterocycles. The monoisotopic (exact) mass is 379 g/mol. The first-order valence-electron chi connectivity index (χ1n) is 7.89. The van der Waals surface area contributed by atoms with Crippen molar-refractivity contribution < 1.29 is 4.74 Å². The lowest BCUT2D eigenvalue weighted by Crippen LogP contribution is -2.35. The van der Waals surface area contributed by atoms with Crippen molar-refractivity contribution in [3.05, 3.63) is 38.7 Å². The molecule has 4 heterocycles. The molecule has 2 aliphatic rings. The van der Waals surface area contributed by atoms with Gasteiger partial charge in [-0.25, -0.2) is 4.98 Å². The molecule has 1 fully saturated rings. The molecule has 23 heavy (non-hydrogen) atoms. The fraction of sp³-hybridized carbons (Fsp3) is 0.533. The topological polar surface area (TPSA) is 76.0 Å². The summed E-state index contributed by atoms with van der Waals surface area (Å²) >= 11 is 3.47. The smallest absolute Gasteiger partial charge is 0.285 e. The molecule has 0 aliphatic carbocycles. The van der Waals surface area contributed by atoms with E-state index in [-0.39, 0.29) is 11.8 Å². The van der Waals surface area contributed by atoms with Gasteiger partial charge in [0.25, 0.3) is 5.56 Å². The standard InChI is InChI=1S/C15H18BrN5O2/c16-14-12(20-5-4-10-11(8-20)18-9-17-10)7-19-21(15(14)22)13-3-1-2-6-23-13/h7,9,13H,1-6,8H2,(H,17,18). The molecule has 0 aromatic carbocycles. The van der Waals surface area contributed by atoms with Crippen LogP contribution in [-0.2, 0) is 17.7 Å². The second kappa shape index (κ2) is 6.09. The molecule has 1 unspecified atom stereocenters. The van der Waals surface area contributed by atoms with Gasteiger partial charge in [0.2, 0.25) is 0 Å². The summed E-state index contributed by atoms with van der Waals surface area (Å²) in [5, 5.41) is 4.36. The number of aromatic amines is 1. The summed E-state index contributed by atoms with van der Waals surface area (Å²) in [5.41, 5.74) is 2.88. The lowest BCUT2D eigenvalue weighted by Gasteiger charge is -2.29. The molecule has 0 amide bonds. The maximum absolute atomic E-state index is 12.7. The molecule has 1 saturated heterocycles. The predicted octanol–water partition coefficient (Wildman–Crippen LogP) is 1.99. The Balaban J connectivity index is 1.63. The molecule has 7 nitrogen and oxygen atoms in total. The van der Waals surface area contributed by atoms with E-state index in [1.165, 1.54) is 10.4 Å². The fourth-order valence-corrected chi connectivity index (χ4v) is 3.73. The zero-order chi connectivity index (χ0) is 15.8. The Bertz CT molecular complexity index is 765. The normalized spacial score (nSPS) is 21.3. The Morgan fingerprint density at radius 1 is 1.39 bits per heavy atom. The van der Waals surface area contributed by atoms with Crippen molar-refractivity contribution in [3.63, 3.8) is 0 Å². The number of aromatic nitrogens is 4. The van der Waals surface area contributed by atoms with Crippen LogP contribution in [0, 0.1) is 0 Å². The van der Waals surface area contributed by atoms with Crippen molar-refractivity contribution in [1.82, 2.24) is 19.7 Å². The van der Waals surface area contributed by atoms with E-state index < -0.39 is 0 Å². The van der Waals surface area contributed by atoms with Gasteiger partial charge in [-0.1, -0.05) is 0 Å². The third-order valence-electron chi connectivity index (χ3n) is 4.47. The zero-order valence-electron chi connectivity index (χ0n) is 12.7. The minimum absolute atomic E-state index is 0.137. The van der Waals surface area contributed by atoms with Crippen molar-refractivity contribution in [2.75, 3.05) is 18.1 Å². The fourth-order valence-electron chi connectivity index (χ4n) is 3.19. The van der Waals surface area contributed by atoms with Crippen LogP contribution in [0.25, 0.3) is 0 Å². The number of hydrogen-bond acceptors (Lipinski definition) is 5. The average molecular weight is 380 g/mol. The van der Waals surface area contributed by atoms with Crippen molar-refractivity contribution in [3.8, 4) is 0 Å². The van der Waals surface area contributed by atoms with Crippen LogP contribution in [-0.4, -0.2) is 32.9 Å². The first-order chi connectivity index (χ1) is 11.2. The van der Waals surface area contributed by atoms with Gasteiger partial charge < -0.3 is 14.6 Å². The van der Waals surface area contributed by atoms with Crippen molar-refractivity contribution in [1.29, 1.82) is 0 Å². The summed E-state index contributed by atoms with van der Waals surface area (Å²) in [4.78, 5) is 22.3. The Labute approximate surface area is 141 Å². The number of halogens is 1. The highest BCUT2D eigenvalue weighted by molar-refractivity contribution is 9.10. The Morgan fingerprint density at radius 2 is 2.30 bits per heavy atom. The molecule has 8 heteroatoms. The second-order valence-corrected chi connectivity index (χ2v) is 6.71. The van der Waals surface area contributed by atoms with Crippen molar-refractivity contribution in [2.24, 2.45) is 0 Å². The van der Waals surface area contributed by atoms with E-state index >= 15 is 0 Å². The quantitative estimate of drug-likeness (QED) is 0.863. The van der Waals surface area contributed by atoms with E-state index in [0.29, 0.717) is 17.6 Å². The molecule has 1 N–H and O–H groups in total. The van der Waals surface area contributed by atoms with Gasteiger partial charge in [-0.05, 0) is 35.2 Å². The number of nitrogens with zero attached hydrogens (tertiary/aromatic N) is 4. The van der Waals surface area contributed by atoms with E-state index in [1.54, 1.807) is 12.5 Å². The van der Waals surface area contributed by atoms with Crippen LogP contribution in [0.4, 0.5) is 5.69 Å². The molecule has 0 saturated carbocycles. The SMILES string of the molecule is O=c1c(Br)c(N2CCc3[nH]cnc3C2)cnn1C1CCCCO1. The number of imidazole rings is 1. The van der Waals surface area contributed by atoms with E-state index in [2.05, 4.69) is 35.9 Å². The highest BCUT2D eigenvalue weighted by Gasteiger charge is 2.24. The van der Waals surface area contributed by atoms with E-state index in [0.717, 1.165) is 43.6 Å². The number of ether oxygens (including phenoxy) is 1. The van der Waals surface area contributed by atoms with Crippen molar-refractivity contribution >= 4 is 21.6 Å². The highest BCUT2D eigenvalue weighted by Crippen LogP contribution is 2.28. The largest absolute Gasteiger partial charge is 0.363 e. The molecular weight excluding hydrogens is 362 g/mol. The molecule has 122 valence electrons. The first kappa shape index (κ1) is 14.9. The Hall–Kier alpha value is -1.67. The van der Waals surface area contributed by atoms with E-state index in [1.807, 2.05) is 0 Å². The molecule has 2 aromatic rings. The maximum atomic E-state index is 12.7. The van der Waals surface area contributed by atoms with Crippen LogP contribution in [0.15, 0.2) is 21.8 Å². The Kier molecular flexibility index (Phi) is 3.94. The van der Waals surface area contributed by atoms with Crippen LogP contribution in [0.1, 0.15) is 36.9 Å². The number of hydrogen-bond donors (Lipinski definition) is 1. The summed E-state index contributed by atoms with van der Waals surface area (Å²) in [6.07, 6.45) is 7.05. The average Bonchev–Trinajstić information content (AvgIpc) is 3.05. The van der Waals surface area contributed by atoms with Gasteiger partial charge in [-0.3, -0.25) is 4.79 Å². The maximum Gasteiger partial charge on any atom is 0.285 e. The number of fused-ring (bicyclic) bond motifs is 1. The summed E-state index contributed by atoms with van der Waals surface area (Å²) in [5.74, 6) is 0. The molecule has 0 spiro atoms. The summed E-state index contributed by atoms with van der Waals surface area (Å²) in [6.45, 7) is 2.20. The summed E-state index contributed by atoms with van der Waals surface area (Å²) in [6, 6.07) is 0. The zero-order valence-corrected chi connectivity index (χ0v) is 14.3. The molecule has 2 aliphatic heterocycles. The van der Waals surface area contributed by atoms with Crippen LogP contribution < -0.4 is 10.5 Å². The third-order valence-corrected chi connectivity index (χ3v) is 5.22. The van der Waals surface area contributed by atoms with Gasteiger partial charge in [0.1, 0.15) is 4.47 Å². The number of nitrogens with one attached hydrogen (secondary N) is 1. The van der Waals surface area contributed by atoms with Crippen molar-refractivity contribution in [2.45, 2.75) is 38.5 Å². The molecule has 0 bridgehead atoms. The summed E-state index contributed by atoms with van der Waals surface area (Å²) in [7, 11) is 0. The van der Waals surface area contributed by atoms with Crippen LogP contribution in [0.2, 0.25) is 0 Å². The number of rotatable bonds is 2. The minimum Gasteiger partial charge on any atom is -0.363 e. The van der Waals surface area contributed by atoms with Crippen LogP contribution >= 0.6 is 15.9 Å². The van der Waals surface area contributed by atoms with E-state index in [4.69, 9.17) is 4.74 Å². The van der Waals surface area contributed by atoms with Gasteiger partial charge in [0.15, 0.2) is 6.23 Å². The predicted molar refractivity (Wildman–Crippen MR) is 88.4 cm³/mol. The second-order valence-electron chi connectivity index (χ2n) is 5.91. The summed E-state index contributed by atoms with van der Waals surface area (Å²) < 4.78 is 7.67. The lowest BCUT2D eigenvalue weighted by molar-refractivity contribution is -0.0425. The number of anilines is 1. The highest BCUT2D eigenvalue weighted by atomic mass is 79.9. The molecule has 0 radical (unpaired) electrons. The lowest BCUT2D eigenvalue weighted by atomic mass is 10.1. The van der Waals surface area contributed by atoms with Gasteiger partial charge in [-0.2, -0.15) is 9.78 Å². The molecular formula is C15H18BrN5O2. The van der Waals surface area contributed by atoms with Gasteiger partial charge in [0.05, 0.1) is 30.5 Å². The first-order valence-corrected chi connectivity index (χ1v) is 8.68. The third kappa shape index (κ3) is 2.70. The molecule has 1 atom stereocenters. The van der Waals surface area contributed by atoms with Gasteiger partial charge in [-0.15, -0.1) is 0 Å². The van der Waals surface area contributed by atoms with Gasteiger partial charge >= 0.3 is 0 Å². The van der Waals surface area contributed by atoms with Crippen LogP contribution in [0.5, 0.6) is 0 Å². The Morgan fingerprint density at radius 3 is 3.13 bits per heavy atom. The van der Waals surface area contributed by atoms with E-state index in [9.17, 15) is 4.79 Å². The van der Waals surface area contributed by atoms with Gasteiger partial charge in [0, 0.05) is 25.3 Å². The van der Waals surface area contributed by atoms with Crippen LogP contribution in [0.3, 0.4) is 0 Å². The molecule has 4 rings (SSSR count).